The Kier molecular flexibility index (Phi) is 3.29. The second kappa shape index (κ2) is 4.78. The molecule has 4 N–H and O–H groups in total. The van der Waals surface area contributed by atoms with Crippen LogP contribution in [0.3, 0.4) is 0 Å². The van der Waals surface area contributed by atoms with E-state index in [2.05, 4.69) is 37.9 Å². The molecule has 0 aliphatic heterocycles. The summed E-state index contributed by atoms with van der Waals surface area (Å²) in [6, 6.07) is 2.07. The van der Waals surface area contributed by atoms with Gasteiger partial charge in [-0.05, 0) is 47.9 Å². The molecule has 0 spiro atoms. The van der Waals surface area contributed by atoms with Crippen molar-refractivity contribution in [2.75, 3.05) is 11.1 Å². The molecule has 3 rings (SSSR count). The largest absolute Gasteiger partial charge is 0.391 e. The predicted molar refractivity (Wildman–Crippen MR) is 81.8 cm³/mol. The van der Waals surface area contributed by atoms with Crippen molar-refractivity contribution in [2.45, 2.75) is 31.4 Å². The van der Waals surface area contributed by atoms with Crippen molar-refractivity contribution in [2.24, 2.45) is 0 Å². The van der Waals surface area contributed by atoms with Crippen molar-refractivity contribution in [3.05, 3.63) is 8.95 Å². The molecule has 0 unspecified atom stereocenters. The lowest BCUT2D eigenvalue weighted by Gasteiger charge is -2.17. The maximum absolute atomic E-state index is 9.86. The van der Waals surface area contributed by atoms with Gasteiger partial charge < -0.3 is 16.2 Å². The summed E-state index contributed by atoms with van der Waals surface area (Å²) in [5.41, 5.74) is 6.59. The molecule has 2 aromatic rings. The van der Waals surface area contributed by atoms with Crippen LogP contribution >= 0.6 is 33.9 Å². The zero-order chi connectivity index (χ0) is 12.7. The van der Waals surface area contributed by atoms with E-state index in [9.17, 15) is 5.11 Å². The van der Waals surface area contributed by atoms with Gasteiger partial charge in [-0.15, -0.1) is 11.3 Å². The molecule has 0 saturated heterocycles. The lowest BCUT2D eigenvalue weighted by Crippen LogP contribution is -2.28. The molecule has 1 aliphatic carbocycles. The highest BCUT2D eigenvalue weighted by Crippen LogP contribution is 2.33. The van der Waals surface area contributed by atoms with E-state index >= 15 is 0 Å². The molecule has 5 nitrogen and oxygen atoms in total. The second-order valence-electron chi connectivity index (χ2n) is 4.44. The zero-order valence-corrected chi connectivity index (χ0v) is 12.5. The van der Waals surface area contributed by atoms with Crippen molar-refractivity contribution in [1.29, 1.82) is 0 Å². The summed E-state index contributed by atoms with van der Waals surface area (Å²) in [6.07, 6.45) is 2.57. The number of fused-ring (bicyclic) bond motifs is 1. The fourth-order valence-corrected chi connectivity index (χ4v) is 4.03. The molecule has 2 atom stereocenters. The molecule has 18 heavy (non-hydrogen) atoms. The van der Waals surface area contributed by atoms with Gasteiger partial charge in [-0.25, -0.2) is 4.98 Å². The van der Waals surface area contributed by atoms with Crippen LogP contribution in [0.15, 0.2) is 6.07 Å². The molecular weight excluding hydrogens is 363 g/mol. The number of aliphatic hydroxyl groups excluding tert-OH is 1. The molecule has 7 heteroatoms. The zero-order valence-electron chi connectivity index (χ0n) is 9.56. The molecule has 2 heterocycles. The van der Waals surface area contributed by atoms with E-state index < -0.39 is 0 Å². The molecule has 0 radical (unpaired) electrons. The van der Waals surface area contributed by atoms with Crippen LogP contribution in [0.25, 0.3) is 10.2 Å². The number of aliphatic hydroxyl groups is 1. The summed E-state index contributed by atoms with van der Waals surface area (Å²) in [5.74, 6) is 1.02. The van der Waals surface area contributed by atoms with Crippen LogP contribution in [0.2, 0.25) is 0 Å². The Morgan fingerprint density at radius 2 is 2.28 bits per heavy atom. The van der Waals surface area contributed by atoms with E-state index in [4.69, 9.17) is 5.73 Å². The summed E-state index contributed by atoms with van der Waals surface area (Å²) in [7, 11) is 0. The minimum atomic E-state index is -0.296. The Balaban J connectivity index is 1.99. The first kappa shape index (κ1) is 12.4. The van der Waals surface area contributed by atoms with Gasteiger partial charge in [-0.1, -0.05) is 0 Å². The van der Waals surface area contributed by atoms with E-state index in [0.717, 1.165) is 38.2 Å². The molecule has 0 bridgehead atoms. The quantitative estimate of drug-likeness (QED) is 0.700. The summed E-state index contributed by atoms with van der Waals surface area (Å²) >= 11 is 3.90. The summed E-state index contributed by atoms with van der Waals surface area (Å²) < 4.78 is 2.16. The Morgan fingerprint density at radius 1 is 1.44 bits per heavy atom. The lowest BCUT2D eigenvalue weighted by atomic mass is 10.2. The SMILES string of the molecule is Nc1nc(N[C@@H]2CCC[C@@H]2O)c2sc(I)cc2n1. The number of nitrogens with two attached hydrogens (primary N) is 1. The molecule has 1 aliphatic rings. The predicted octanol–water partition coefficient (Wildman–Crippen LogP) is 2.20. The van der Waals surface area contributed by atoms with Crippen molar-refractivity contribution < 1.29 is 5.11 Å². The first-order valence-electron chi connectivity index (χ1n) is 5.80. The van der Waals surface area contributed by atoms with Crippen LogP contribution in [0.4, 0.5) is 11.8 Å². The number of aromatic nitrogens is 2. The number of nitrogens with one attached hydrogen (secondary N) is 1. The Bertz CT molecular complexity index is 588. The van der Waals surface area contributed by atoms with Gasteiger partial charge in [0.25, 0.3) is 0 Å². The number of halogens is 1. The van der Waals surface area contributed by atoms with Crippen molar-refractivity contribution in [1.82, 2.24) is 9.97 Å². The van der Waals surface area contributed by atoms with E-state index in [1.54, 1.807) is 11.3 Å². The fourth-order valence-electron chi connectivity index (χ4n) is 2.30. The van der Waals surface area contributed by atoms with E-state index in [1.165, 1.54) is 0 Å². The standard InChI is InChI=1S/C11H13IN4OS/c12-8-4-6-9(18-8)10(16-11(13)15-6)14-5-2-1-3-7(5)17/h4-5,7,17H,1-3H2,(H3,13,14,15,16)/t5-,7+/m1/s1. The first-order valence-corrected chi connectivity index (χ1v) is 7.70. The Morgan fingerprint density at radius 3 is 3.00 bits per heavy atom. The van der Waals surface area contributed by atoms with Gasteiger partial charge in [0.1, 0.15) is 5.82 Å². The Labute approximate surface area is 122 Å². The van der Waals surface area contributed by atoms with Crippen molar-refractivity contribution in [3.63, 3.8) is 0 Å². The lowest BCUT2D eigenvalue weighted by molar-refractivity contribution is 0.171. The number of anilines is 2. The molecule has 96 valence electrons. The number of hydrogen-bond donors (Lipinski definition) is 3. The van der Waals surface area contributed by atoms with E-state index in [1.807, 2.05) is 6.07 Å². The van der Waals surface area contributed by atoms with Gasteiger partial charge in [0, 0.05) is 0 Å². The summed E-state index contributed by atoms with van der Waals surface area (Å²) in [6.45, 7) is 0. The fraction of sp³-hybridized carbons (Fsp3) is 0.455. The molecule has 0 aromatic carbocycles. The summed E-state index contributed by atoms with van der Waals surface area (Å²) in [5, 5.41) is 13.2. The van der Waals surface area contributed by atoms with Crippen LogP contribution < -0.4 is 11.1 Å². The van der Waals surface area contributed by atoms with Gasteiger partial charge in [-0.3, -0.25) is 0 Å². The summed E-state index contributed by atoms with van der Waals surface area (Å²) in [4.78, 5) is 8.48. The van der Waals surface area contributed by atoms with Gasteiger partial charge in [-0.2, -0.15) is 4.98 Å². The number of rotatable bonds is 2. The van der Waals surface area contributed by atoms with Gasteiger partial charge >= 0.3 is 0 Å². The highest BCUT2D eigenvalue weighted by Gasteiger charge is 2.26. The minimum Gasteiger partial charge on any atom is -0.391 e. The second-order valence-corrected chi connectivity index (χ2v) is 7.39. The average molecular weight is 376 g/mol. The third kappa shape index (κ3) is 2.26. The third-order valence-corrected chi connectivity index (χ3v) is 5.05. The van der Waals surface area contributed by atoms with E-state index in [-0.39, 0.29) is 18.1 Å². The van der Waals surface area contributed by atoms with E-state index in [0.29, 0.717) is 0 Å². The normalized spacial score (nSPS) is 23.7. The van der Waals surface area contributed by atoms with Crippen LogP contribution in [-0.4, -0.2) is 27.2 Å². The number of hydrogen-bond acceptors (Lipinski definition) is 6. The molecular formula is C11H13IN4OS. The molecule has 2 aromatic heterocycles. The smallest absolute Gasteiger partial charge is 0.222 e. The molecule has 0 amide bonds. The Hall–Kier alpha value is -0.670. The highest BCUT2D eigenvalue weighted by atomic mass is 127. The maximum Gasteiger partial charge on any atom is 0.222 e. The minimum absolute atomic E-state index is 0.0715. The van der Waals surface area contributed by atoms with Crippen molar-refractivity contribution >= 4 is 55.9 Å². The number of nitrogens with zero attached hydrogens (tertiary/aromatic N) is 2. The highest BCUT2D eigenvalue weighted by molar-refractivity contribution is 14.1. The molecule has 1 saturated carbocycles. The van der Waals surface area contributed by atoms with Crippen LogP contribution in [0.5, 0.6) is 0 Å². The topological polar surface area (TPSA) is 84.1 Å². The van der Waals surface area contributed by atoms with Gasteiger partial charge in [0.05, 0.1) is 25.2 Å². The molecule has 1 fully saturated rings. The first-order chi connectivity index (χ1) is 8.63. The van der Waals surface area contributed by atoms with Gasteiger partial charge in [0.15, 0.2) is 0 Å². The number of thiophene rings is 1. The number of nitrogen functional groups attached to an aromatic ring is 1. The average Bonchev–Trinajstić information content (AvgIpc) is 2.85. The van der Waals surface area contributed by atoms with Crippen LogP contribution in [0.1, 0.15) is 19.3 Å². The van der Waals surface area contributed by atoms with Crippen molar-refractivity contribution in [3.8, 4) is 0 Å². The van der Waals surface area contributed by atoms with Crippen LogP contribution in [-0.2, 0) is 0 Å². The van der Waals surface area contributed by atoms with Gasteiger partial charge in [0.2, 0.25) is 5.95 Å². The monoisotopic (exact) mass is 376 g/mol. The van der Waals surface area contributed by atoms with Crippen LogP contribution in [0, 0.1) is 2.88 Å². The maximum atomic E-state index is 9.86. The third-order valence-electron chi connectivity index (χ3n) is 3.16.